The van der Waals surface area contributed by atoms with E-state index in [1.165, 1.54) is 12.8 Å². The van der Waals surface area contributed by atoms with Gasteiger partial charge in [0.05, 0.1) is 11.3 Å². The molecule has 0 aromatic heterocycles. The molecule has 16 heavy (non-hydrogen) atoms. The molecule has 84 valence electrons. The number of nitriles is 1. The first-order valence-corrected chi connectivity index (χ1v) is 5.82. The van der Waals surface area contributed by atoms with E-state index in [2.05, 4.69) is 17.9 Å². The Morgan fingerprint density at radius 2 is 2.38 bits per heavy atom. The van der Waals surface area contributed by atoms with Crippen molar-refractivity contribution in [2.24, 2.45) is 0 Å². The van der Waals surface area contributed by atoms with Crippen LogP contribution < -0.4 is 10.6 Å². The quantitative estimate of drug-likeness (QED) is 0.771. The van der Waals surface area contributed by atoms with Crippen molar-refractivity contribution in [1.82, 2.24) is 0 Å². The van der Waals surface area contributed by atoms with E-state index in [0.29, 0.717) is 17.3 Å². The highest BCUT2D eigenvalue weighted by Crippen LogP contribution is 2.30. The first-order valence-electron chi connectivity index (χ1n) is 5.82. The summed E-state index contributed by atoms with van der Waals surface area (Å²) in [5, 5.41) is 9.13. The van der Waals surface area contributed by atoms with Gasteiger partial charge in [-0.15, -0.1) is 0 Å². The smallest absolute Gasteiger partial charge is 0.101 e. The van der Waals surface area contributed by atoms with Crippen LogP contribution in [0.2, 0.25) is 0 Å². The monoisotopic (exact) mass is 215 g/mol. The van der Waals surface area contributed by atoms with Crippen molar-refractivity contribution in [3.63, 3.8) is 0 Å². The maximum atomic E-state index is 9.13. The van der Waals surface area contributed by atoms with Crippen LogP contribution in [0.5, 0.6) is 0 Å². The third kappa shape index (κ3) is 1.83. The number of hydrogen-bond acceptors (Lipinski definition) is 3. The van der Waals surface area contributed by atoms with Crippen LogP contribution >= 0.6 is 0 Å². The molecule has 3 nitrogen and oxygen atoms in total. The van der Waals surface area contributed by atoms with Crippen molar-refractivity contribution in [1.29, 1.82) is 5.26 Å². The summed E-state index contributed by atoms with van der Waals surface area (Å²) in [6.07, 6.45) is 3.58. The second kappa shape index (κ2) is 4.44. The third-order valence-electron chi connectivity index (χ3n) is 3.30. The molecule has 0 bridgehead atoms. The lowest BCUT2D eigenvalue weighted by Crippen LogP contribution is -2.29. The molecule has 1 atom stereocenters. The summed E-state index contributed by atoms with van der Waals surface area (Å²) in [7, 11) is 0. The van der Waals surface area contributed by atoms with Crippen LogP contribution in [0.3, 0.4) is 0 Å². The Morgan fingerprint density at radius 1 is 1.56 bits per heavy atom. The molecular formula is C13H17N3. The van der Waals surface area contributed by atoms with E-state index in [9.17, 15) is 0 Å². The average molecular weight is 215 g/mol. The number of nitrogens with zero attached hydrogens (tertiary/aromatic N) is 2. The van der Waals surface area contributed by atoms with E-state index in [4.69, 9.17) is 11.0 Å². The normalized spacial score (nSPS) is 19.8. The Labute approximate surface area is 96.5 Å². The highest BCUT2D eigenvalue weighted by atomic mass is 15.2. The van der Waals surface area contributed by atoms with E-state index in [-0.39, 0.29) is 0 Å². The molecule has 2 N–H and O–H groups in total. The van der Waals surface area contributed by atoms with Crippen molar-refractivity contribution in [3.8, 4) is 6.07 Å². The molecule has 1 aromatic carbocycles. The molecule has 0 radical (unpaired) electrons. The summed E-state index contributed by atoms with van der Waals surface area (Å²) < 4.78 is 0. The molecule has 1 fully saturated rings. The zero-order valence-corrected chi connectivity index (χ0v) is 9.61. The third-order valence-corrected chi connectivity index (χ3v) is 3.30. The van der Waals surface area contributed by atoms with Crippen LogP contribution in [0, 0.1) is 11.3 Å². The Morgan fingerprint density at radius 3 is 3.06 bits per heavy atom. The molecule has 1 unspecified atom stereocenters. The predicted molar refractivity (Wildman–Crippen MR) is 66.2 cm³/mol. The van der Waals surface area contributed by atoms with Gasteiger partial charge in [-0.2, -0.15) is 5.26 Å². The maximum Gasteiger partial charge on any atom is 0.101 e. The minimum Gasteiger partial charge on any atom is -0.399 e. The van der Waals surface area contributed by atoms with Gasteiger partial charge in [-0.05, 0) is 37.5 Å². The Bertz CT molecular complexity index is 420. The molecular weight excluding hydrogens is 198 g/mol. The van der Waals surface area contributed by atoms with Crippen LogP contribution in [0.15, 0.2) is 18.2 Å². The Balaban J connectivity index is 2.36. The number of benzene rings is 1. The molecule has 0 aliphatic carbocycles. The van der Waals surface area contributed by atoms with Crippen LogP contribution in [-0.4, -0.2) is 12.6 Å². The second-order valence-corrected chi connectivity index (χ2v) is 4.29. The van der Waals surface area contributed by atoms with E-state index in [0.717, 1.165) is 18.7 Å². The van der Waals surface area contributed by atoms with E-state index in [1.54, 1.807) is 6.07 Å². The topological polar surface area (TPSA) is 53.0 Å². The number of anilines is 2. The molecule has 3 heteroatoms. The molecule has 1 aromatic rings. The highest BCUT2D eigenvalue weighted by molar-refractivity contribution is 5.65. The first-order chi connectivity index (χ1) is 7.76. The number of rotatable bonds is 2. The zero-order chi connectivity index (χ0) is 11.5. The van der Waals surface area contributed by atoms with Gasteiger partial charge in [0, 0.05) is 18.3 Å². The molecule has 1 aliphatic heterocycles. The van der Waals surface area contributed by atoms with Crippen molar-refractivity contribution in [2.75, 3.05) is 17.2 Å². The minimum absolute atomic E-state index is 0.579. The second-order valence-electron chi connectivity index (χ2n) is 4.29. The summed E-state index contributed by atoms with van der Waals surface area (Å²) >= 11 is 0. The van der Waals surface area contributed by atoms with Gasteiger partial charge < -0.3 is 10.6 Å². The van der Waals surface area contributed by atoms with Crippen LogP contribution in [0.1, 0.15) is 31.7 Å². The fraction of sp³-hybridized carbons (Fsp3) is 0.462. The number of nitrogen functional groups attached to an aromatic ring is 1. The number of hydrogen-bond donors (Lipinski definition) is 1. The Hall–Kier alpha value is -1.69. The summed E-state index contributed by atoms with van der Waals surface area (Å²) in [6.45, 7) is 3.25. The fourth-order valence-corrected chi connectivity index (χ4v) is 2.47. The molecule has 2 rings (SSSR count). The van der Waals surface area contributed by atoms with E-state index >= 15 is 0 Å². The SMILES string of the molecule is CCC1CCCN1c1ccc(N)cc1C#N. The fourth-order valence-electron chi connectivity index (χ4n) is 2.47. The number of nitrogens with two attached hydrogens (primary N) is 1. The predicted octanol–water partition coefficient (Wildman–Crippen LogP) is 2.52. The standard InChI is InChI=1S/C13H17N3/c1-2-12-4-3-7-16(12)13-6-5-11(15)8-10(13)9-14/h5-6,8,12H,2-4,7,15H2,1H3. The first kappa shape index (κ1) is 10.8. The van der Waals surface area contributed by atoms with Crippen molar-refractivity contribution < 1.29 is 0 Å². The summed E-state index contributed by atoms with van der Waals surface area (Å²) in [5.74, 6) is 0. The lowest BCUT2D eigenvalue weighted by molar-refractivity contribution is 0.645. The van der Waals surface area contributed by atoms with Crippen molar-refractivity contribution in [2.45, 2.75) is 32.2 Å². The maximum absolute atomic E-state index is 9.13. The van der Waals surface area contributed by atoms with Crippen molar-refractivity contribution in [3.05, 3.63) is 23.8 Å². The van der Waals surface area contributed by atoms with E-state index in [1.807, 2.05) is 12.1 Å². The van der Waals surface area contributed by atoms with Gasteiger partial charge >= 0.3 is 0 Å². The van der Waals surface area contributed by atoms with Crippen LogP contribution in [0.25, 0.3) is 0 Å². The molecule has 1 heterocycles. The minimum atomic E-state index is 0.579. The van der Waals surface area contributed by atoms with Crippen LogP contribution in [-0.2, 0) is 0 Å². The molecule has 0 spiro atoms. The molecule has 1 saturated heterocycles. The Kier molecular flexibility index (Phi) is 3.00. The summed E-state index contributed by atoms with van der Waals surface area (Å²) in [5.41, 5.74) is 8.10. The van der Waals surface area contributed by atoms with Gasteiger partial charge in [-0.3, -0.25) is 0 Å². The van der Waals surface area contributed by atoms with Crippen molar-refractivity contribution >= 4 is 11.4 Å². The van der Waals surface area contributed by atoms with Crippen LogP contribution in [0.4, 0.5) is 11.4 Å². The highest BCUT2D eigenvalue weighted by Gasteiger charge is 2.24. The lowest BCUT2D eigenvalue weighted by Gasteiger charge is -2.26. The van der Waals surface area contributed by atoms with Gasteiger partial charge in [0.25, 0.3) is 0 Å². The summed E-state index contributed by atoms with van der Waals surface area (Å²) in [6, 6.07) is 8.43. The zero-order valence-electron chi connectivity index (χ0n) is 9.61. The van der Waals surface area contributed by atoms with Gasteiger partial charge in [0.1, 0.15) is 6.07 Å². The van der Waals surface area contributed by atoms with Gasteiger partial charge in [-0.1, -0.05) is 6.92 Å². The van der Waals surface area contributed by atoms with Gasteiger partial charge in [0.15, 0.2) is 0 Å². The summed E-state index contributed by atoms with van der Waals surface area (Å²) in [4.78, 5) is 2.35. The lowest BCUT2D eigenvalue weighted by atomic mass is 10.1. The molecule has 0 amide bonds. The van der Waals surface area contributed by atoms with Gasteiger partial charge in [0.2, 0.25) is 0 Å². The largest absolute Gasteiger partial charge is 0.399 e. The van der Waals surface area contributed by atoms with Gasteiger partial charge in [-0.25, -0.2) is 0 Å². The molecule has 1 aliphatic rings. The molecule has 0 saturated carbocycles. The average Bonchev–Trinajstić information content (AvgIpc) is 2.76. The van der Waals surface area contributed by atoms with E-state index < -0.39 is 0 Å².